The number of rotatable bonds is 4. The van der Waals surface area contributed by atoms with Crippen LogP contribution in [0.2, 0.25) is 0 Å². The van der Waals surface area contributed by atoms with Gasteiger partial charge >= 0.3 is 5.97 Å². The Bertz CT molecular complexity index is 681. The molecule has 0 radical (unpaired) electrons. The van der Waals surface area contributed by atoms with Gasteiger partial charge in [-0.1, -0.05) is 6.07 Å². The molecule has 0 bridgehead atoms. The van der Waals surface area contributed by atoms with Gasteiger partial charge in [0, 0.05) is 43.3 Å². The largest absolute Gasteiger partial charge is 0.468 e. The second-order valence-corrected chi connectivity index (χ2v) is 6.96. The summed E-state index contributed by atoms with van der Waals surface area (Å²) in [7, 11) is 1.40. The fraction of sp³-hybridized carbons (Fsp3) is 0.647. The van der Waals surface area contributed by atoms with E-state index >= 15 is 0 Å². The number of esters is 1. The third kappa shape index (κ3) is 2.23. The van der Waals surface area contributed by atoms with Crippen LogP contribution in [0.25, 0.3) is 0 Å². The maximum Gasteiger partial charge on any atom is 0.323 e. The monoisotopic (exact) mass is 318 g/mol. The number of fused-ring (bicyclic) bond motifs is 3. The van der Waals surface area contributed by atoms with E-state index in [2.05, 4.69) is 4.90 Å². The van der Waals surface area contributed by atoms with Crippen molar-refractivity contribution in [3.05, 3.63) is 34.2 Å². The number of aromatic nitrogens is 1. The van der Waals surface area contributed by atoms with Crippen molar-refractivity contribution >= 4 is 5.97 Å². The number of carbonyl (C=O) groups is 1. The minimum absolute atomic E-state index is 0.00502. The van der Waals surface area contributed by atoms with E-state index in [1.54, 1.807) is 16.7 Å². The molecule has 3 heterocycles. The summed E-state index contributed by atoms with van der Waals surface area (Å²) in [5, 5.41) is 9.92. The van der Waals surface area contributed by atoms with E-state index in [0.717, 1.165) is 12.2 Å². The molecule has 3 aliphatic rings. The quantitative estimate of drug-likeness (QED) is 0.814. The van der Waals surface area contributed by atoms with Gasteiger partial charge in [-0.05, 0) is 24.8 Å². The second-order valence-electron chi connectivity index (χ2n) is 6.96. The molecule has 6 nitrogen and oxygen atoms in total. The summed E-state index contributed by atoms with van der Waals surface area (Å²) in [5.41, 5.74) is 0.961. The third-order valence-electron chi connectivity index (χ3n) is 5.67. The lowest BCUT2D eigenvalue weighted by atomic mass is 9.88. The lowest BCUT2D eigenvalue weighted by Gasteiger charge is -2.29. The molecule has 1 saturated heterocycles. The number of likely N-dealkylation sites (tertiary alicyclic amines) is 1. The Balaban J connectivity index is 1.77. The first-order valence-corrected chi connectivity index (χ1v) is 8.30. The van der Waals surface area contributed by atoms with Gasteiger partial charge in [0.2, 0.25) is 0 Å². The van der Waals surface area contributed by atoms with Crippen molar-refractivity contribution in [3.8, 4) is 0 Å². The van der Waals surface area contributed by atoms with Crippen molar-refractivity contribution in [1.82, 2.24) is 9.47 Å². The summed E-state index contributed by atoms with van der Waals surface area (Å²) in [4.78, 5) is 26.7. The average Bonchev–Trinajstić information content (AvgIpc) is 3.20. The van der Waals surface area contributed by atoms with Crippen LogP contribution in [0, 0.1) is 17.8 Å². The fourth-order valence-electron chi connectivity index (χ4n) is 4.45. The van der Waals surface area contributed by atoms with Gasteiger partial charge < -0.3 is 14.4 Å². The smallest absolute Gasteiger partial charge is 0.323 e. The number of aliphatic hydroxyl groups is 1. The maximum atomic E-state index is 12.4. The van der Waals surface area contributed by atoms with Gasteiger partial charge in [-0.2, -0.15) is 0 Å². The molecule has 2 fully saturated rings. The maximum absolute atomic E-state index is 12.4. The topological polar surface area (TPSA) is 71.8 Å². The molecule has 23 heavy (non-hydrogen) atoms. The number of hydrogen-bond donors (Lipinski definition) is 1. The molecule has 4 atom stereocenters. The van der Waals surface area contributed by atoms with Gasteiger partial charge in [0.1, 0.15) is 6.04 Å². The van der Waals surface area contributed by atoms with E-state index in [1.807, 2.05) is 6.07 Å². The Kier molecular flexibility index (Phi) is 3.54. The van der Waals surface area contributed by atoms with Gasteiger partial charge in [-0.3, -0.25) is 14.5 Å². The highest BCUT2D eigenvalue weighted by Gasteiger charge is 2.56. The summed E-state index contributed by atoms with van der Waals surface area (Å²) >= 11 is 0. The molecule has 124 valence electrons. The second kappa shape index (κ2) is 5.46. The van der Waals surface area contributed by atoms with Gasteiger partial charge in [0.25, 0.3) is 5.56 Å². The van der Waals surface area contributed by atoms with Crippen molar-refractivity contribution in [2.24, 2.45) is 17.8 Å². The highest BCUT2D eigenvalue weighted by Crippen LogP contribution is 2.50. The Morgan fingerprint density at radius 3 is 2.83 bits per heavy atom. The van der Waals surface area contributed by atoms with Crippen LogP contribution < -0.4 is 5.56 Å². The first-order chi connectivity index (χ1) is 11.2. The van der Waals surface area contributed by atoms with E-state index in [0.29, 0.717) is 12.5 Å². The Hall–Kier alpha value is -1.66. The molecule has 1 aromatic rings. The normalized spacial score (nSPS) is 32.6. The van der Waals surface area contributed by atoms with E-state index in [-0.39, 0.29) is 36.0 Å². The molecule has 4 rings (SSSR count). The summed E-state index contributed by atoms with van der Waals surface area (Å²) in [6, 6.07) is 4.93. The lowest BCUT2D eigenvalue weighted by molar-refractivity contribution is -0.148. The first-order valence-electron chi connectivity index (χ1n) is 8.30. The molecule has 0 amide bonds. The van der Waals surface area contributed by atoms with Gasteiger partial charge in [0.15, 0.2) is 0 Å². The number of nitrogens with zero attached hydrogens (tertiary/aromatic N) is 2. The van der Waals surface area contributed by atoms with Crippen LogP contribution in [-0.2, 0) is 16.1 Å². The number of pyridine rings is 1. The summed E-state index contributed by atoms with van der Waals surface area (Å²) in [6.45, 7) is 1.34. The lowest BCUT2D eigenvalue weighted by Crippen LogP contribution is -2.44. The standard InChI is InChI=1S/C17H22N2O4/c1-23-17(22)16-12(9-20)11-8-18-13(3-2-4-14(18)21)15(11)19(16)7-10-5-6-10/h2-4,10-12,15-16,20H,5-9H2,1H3/t11-,12-,15+,16-/m0/s1. The molecular formula is C17H22N2O4. The highest BCUT2D eigenvalue weighted by molar-refractivity contribution is 5.77. The summed E-state index contributed by atoms with van der Waals surface area (Å²) < 4.78 is 6.81. The van der Waals surface area contributed by atoms with Crippen LogP contribution in [0.15, 0.2) is 23.0 Å². The van der Waals surface area contributed by atoms with E-state index in [9.17, 15) is 14.7 Å². The van der Waals surface area contributed by atoms with Gasteiger partial charge in [0.05, 0.1) is 13.2 Å². The molecule has 1 aromatic heterocycles. The summed E-state index contributed by atoms with van der Waals surface area (Å²) in [6.07, 6.45) is 2.38. The predicted octanol–water partition coefficient (Wildman–Crippen LogP) is 0.395. The predicted molar refractivity (Wildman–Crippen MR) is 82.7 cm³/mol. The third-order valence-corrected chi connectivity index (χ3v) is 5.67. The Morgan fingerprint density at radius 1 is 1.39 bits per heavy atom. The average molecular weight is 318 g/mol. The molecule has 2 aliphatic heterocycles. The zero-order valence-electron chi connectivity index (χ0n) is 13.2. The van der Waals surface area contributed by atoms with Crippen LogP contribution in [0.1, 0.15) is 24.6 Å². The van der Waals surface area contributed by atoms with E-state index in [1.165, 1.54) is 20.0 Å². The first kappa shape index (κ1) is 14.9. The number of carbonyl (C=O) groups excluding carboxylic acids is 1. The van der Waals surface area contributed by atoms with Crippen molar-refractivity contribution in [3.63, 3.8) is 0 Å². The number of ether oxygens (including phenoxy) is 1. The molecule has 0 aromatic carbocycles. The van der Waals surface area contributed by atoms with Crippen LogP contribution in [-0.4, -0.2) is 46.8 Å². The van der Waals surface area contributed by atoms with Crippen LogP contribution in [0.5, 0.6) is 0 Å². The number of hydrogen-bond acceptors (Lipinski definition) is 5. The minimum Gasteiger partial charge on any atom is -0.468 e. The van der Waals surface area contributed by atoms with Crippen LogP contribution >= 0.6 is 0 Å². The van der Waals surface area contributed by atoms with E-state index < -0.39 is 6.04 Å². The van der Waals surface area contributed by atoms with Crippen molar-refractivity contribution in [1.29, 1.82) is 0 Å². The molecule has 0 spiro atoms. The molecule has 6 heteroatoms. The van der Waals surface area contributed by atoms with Crippen molar-refractivity contribution in [2.45, 2.75) is 31.5 Å². The molecular weight excluding hydrogens is 296 g/mol. The number of methoxy groups -OCH3 is 1. The Morgan fingerprint density at radius 2 is 2.17 bits per heavy atom. The van der Waals surface area contributed by atoms with E-state index in [4.69, 9.17) is 4.74 Å². The fourth-order valence-corrected chi connectivity index (χ4v) is 4.45. The van der Waals surface area contributed by atoms with Crippen LogP contribution in [0.3, 0.4) is 0 Å². The zero-order valence-corrected chi connectivity index (χ0v) is 13.2. The van der Waals surface area contributed by atoms with Crippen LogP contribution in [0.4, 0.5) is 0 Å². The molecule has 1 aliphatic carbocycles. The summed E-state index contributed by atoms with van der Waals surface area (Å²) in [5.74, 6) is 0.233. The van der Waals surface area contributed by atoms with Gasteiger partial charge in [-0.15, -0.1) is 0 Å². The highest BCUT2D eigenvalue weighted by atomic mass is 16.5. The van der Waals surface area contributed by atoms with Crippen molar-refractivity contribution < 1.29 is 14.6 Å². The van der Waals surface area contributed by atoms with Gasteiger partial charge in [-0.25, -0.2) is 0 Å². The molecule has 0 unspecified atom stereocenters. The number of aliphatic hydroxyl groups excluding tert-OH is 1. The SMILES string of the molecule is COC(=O)[C@@H]1[C@@H](CO)[C@@H]2Cn3c(cccc3=O)[C@@H]2N1CC1CC1. The minimum atomic E-state index is -0.412. The molecule has 1 saturated carbocycles. The Labute approximate surface area is 134 Å². The zero-order chi connectivity index (χ0) is 16.1. The molecule has 1 N–H and O–H groups in total. The van der Waals surface area contributed by atoms with Crippen molar-refractivity contribution in [2.75, 3.05) is 20.3 Å².